The number of nitrogens with zero attached hydrogens (tertiary/aromatic N) is 2. The van der Waals surface area contributed by atoms with Crippen molar-refractivity contribution in [1.82, 2.24) is 9.78 Å². The summed E-state index contributed by atoms with van der Waals surface area (Å²) >= 11 is 5.92. The van der Waals surface area contributed by atoms with Gasteiger partial charge in [-0.2, -0.15) is 9.78 Å². The van der Waals surface area contributed by atoms with Crippen LogP contribution in [0, 0.1) is 0 Å². The summed E-state index contributed by atoms with van der Waals surface area (Å²) in [4.78, 5) is 12.3. The number of benzene rings is 2. The maximum atomic E-state index is 12.3. The van der Waals surface area contributed by atoms with Crippen LogP contribution in [-0.2, 0) is 0 Å². The van der Waals surface area contributed by atoms with Crippen LogP contribution in [0.15, 0.2) is 48.7 Å². The van der Waals surface area contributed by atoms with Crippen molar-refractivity contribution >= 4 is 34.2 Å². The third-order valence-corrected chi connectivity index (χ3v) is 3.28. The van der Waals surface area contributed by atoms with E-state index in [1.165, 1.54) is 4.68 Å². The Morgan fingerprint density at radius 1 is 1.29 bits per heavy atom. The lowest BCUT2D eigenvalue weighted by molar-refractivity contribution is 0.252. The zero-order valence-electron chi connectivity index (χ0n) is 11.2. The average molecular weight is 302 g/mol. The van der Waals surface area contributed by atoms with Gasteiger partial charge in [0.15, 0.2) is 0 Å². The molecule has 3 rings (SSSR count). The molecule has 106 valence electrons. The van der Waals surface area contributed by atoms with Gasteiger partial charge in [0.05, 0.1) is 18.8 Å². The number of carbonyl (C=O) groups is 1. The molecule has 0 atom stereocenters. The van der Waals surface area contributed by atoms with Crippen LogP contribution in [-0.4, -0.2) is 22.9 Å². The number of carbonyl (C=O) groups excluding carboxylic acids is 1. The number of fused-ring (bicyclic) bond motifs is 1. The largest absolute Gasteiger partial charge is 0.497 e. The molecule has 21 heavy (non-hydrogen) atoms. The highest BCUT2D eigenvalue weighted by Crippen LogP contribution is 2.20. The molecule has 1 N–H and O–H groups in total. The Balaban J connectivity index is 1.90. The molecule has 0 aliphatic carbocycles. The highest BCUT2D eigenvalue weighted by molar-refractivity contribution is 6.31. The number of amides is 1. The zero-order chi connectivity index (χ0) is 14.8. The van der Waals surface area contributed by atoms with Gasteiger partial charge in [0.2, 0.25) is 0 Å². The van der Waals surface area contributed by atoms with Gasteiger partial charge in [-0.1, -0.05) is 17.7 Å². The van der Waals surface area contributed by atoms with Gasteiger partial charge < -0.3 is 10.1 Å². The van der Waals surface area contributed by atoms with E-state index in [4.69, 9.17) is 16.3 Å². The molecule has 1 heterocycles. The maximum absolute atomic E-state index is 12.3. The molecule has 0 bridgehead atoms. The molecule has 0 fully saturated rings. The van der Waals surface area contributed by atoms with Crippen molar-refractivity contribution in [2.24, 2.45) is 0 Å². The molecule has 0 aliphatic heterocycles. The van der Waals surface area contributed by atoms with Gasteiger partial charge in [-0.25, -0.2) is 4.79 Å². The number of halogens is 1. The summed E-state index contributed by atoms with van der Waals surface area (Å²) in [5, 5.41) is 8.28. The van der Waals surface area contributed by atoms with E-state index in [2.05, 4.69) is 10.4 Å². The Morgan fingerprint density at radius 2 is 2.14 bits per heavy atom. The third-order valence-electron chi connectivity index (χ3n) is 3.04. The Bertz CT molecular complexity index is 814. The molecule has 1 aromatic heterocycles. The fourth-order valence-corrected chi connectivity index (χ4v) is 2.22. The summed E-state index contributed by atoms with van der Waals surface area (Å²) in [6.45, 7) is 0. The summed E-state index contributed by atoms with van der Waals surface area (Å²) in [6, 6.07) is 12.0. The predicted molar refractivity (Wildman–Crippen MR) is 82.2 cm³/mol. The van der Waals surface area contributed by atoms with E-state index in [0.29, 0.717) is 22.0 Å². The second kappa shape index (κ2) is 5.46. The van der Waals surface area contributed by atoms with Crippen molar-refractivity contribution in [3.63, 3.8) is 0 Å². The lowest BCUT2D eigenvalue weighted by atomic mass is 10.2. The SMILES string of the molecule is COc1cccc(NC(=O)n2ncc3cc(Cl)ccc32)c1. The fraction of sp³-hybridized carbons (Fsp3) is 0.0667. The van der Waals surface area contributed by atoms with Gasteiger partial charge in [0, 0.05) is 22.2 Å². The van der Waals surface area contributed by atoms with Crippen LogP contribution >= 0.6 is 11.6 Å². The van der Waals surface area contributed by atoms with E-state index in [-0.39, 0.29) is 6.03 Å². The first-order chi connectivity index (χ1) is 10.2. The van der Waals surface area contributed by atoms with Crippen molar-refractivity contribution in [3.05, 3.63) is 53.7 Å². The van der Waals surface area contributed by atoms with E-state index < -0.39 is 0 Å². The van der Waals surface area contributed by atoms with Crippen molar-refractivity contribution in [1.29, 1.82) is 0 Å². The Hall–Kier alpha value is -2.53. The molecule has 0 unspecified atom stereocenters. The minimum atomic E-state index is -0.347. The zero-order valence-corrected chi connectivity index (χ0v) is 12.0. The van der Waals surface area contributed by atoms with Crippen LogP contribution in [0.5, 0.6) is 5.75 Å². The molecular formula is C15H12ClN3O2. The molecule has 5 nitrogen and oxygen atoms in total. The van der Waals surface area contributed by atoms with E-state index in [0.717, 1.165) is 5.39 Å². The monoisotopic (exact) mass is 301 g/mol. The number of anilines is 1. The summed E-state index contributed by atoms with van der Waals surface area (Å²) in [6.07, 6.45) is 1.60. The van der Waals surface area contributed by atoms with Gasteiger partial charge in [0.25, 0.3) is 0 Å². The second-order valence-electron chi connectivity index (χ2n) is 4.42. The molecular weight excluding hydrogens is 290 g/mol. The van der Waals surface area contributed by atoms with Gasteiger partial charge >= 0.3 is 6.03 Å². The number of aromatic nitrogens is 2. The van der Waals surface area contributed by atoms with E-state index >= 15 is 0 Å². The Morgan fingerprint density at radius 3 is 2.95 bits per heavy atom. The maximum Gasteiger partial charge on any atom is 0.347 e. The minimum absolute atomic E-state index is 0.347. The standard InChI is InChI=1S/C15H12ClN3O2/c1-21-13-4-2-3-12(8-13)18-15(20)19-14-6-5-11(16)7-10(14)9-17-19/h2-9H,1H3,(H,18,20). The van der Waals surface area contributed by atoms with E-state index in [1.807, 2.05) is 0 Å². The summed E-state index contributed by atoms with van der Waals surface area (Å²) < 4.78 is 6.42. The summed E-state index contributed by atoms with van der Waals surface area (Å²) in [5.41, 5.74) is 1.33. The number of hydrogen-bond acceptors (Lipinski definition) is 3. The topological polar surface area (TPSA) is 56.1 Å². The smallest absolute Gasteiger partial charge is 0.347 e. The highest BCUT2D eigenvalue weighted by atomic mass is 35.5. The van der Waals surface area contributed by atoms with E-state index in [1.54, 1.807) is 55.8 Å². The number of rotatable bonds is 2. The predicted octanol–water partition coefficient (Wildman–Crippen LogP) is 3.78. The highest BCUT2D eigenvalue weighted by Gasteiger charge is 2.11. The normalized spacial score (nSPS) is 10.6. The van der Waals surface area contributed by atoms with Gasteiger partial charge in [0.1, 0.15) is 5.75 Å². The lowest BCUT2D eigenvalue weighted by Gasteiger charge is -2.07. The number of ether oxygens (including phenoxy) is 1. The van der Waals surface area contributed by atoms with Gasteiger partial charge in [-0.15, -0.1) is 0 Å². The van der Waals surface area contributed by atoms with Crippen molar-refractivity contribution < 1.29 is 9.53 Å². The van der Waals surface area contributed by atoms with Crippen LogP contribution in [0.1, 0.15) is 0 Å². The van der Waals surface area contributed by atoms with Crippen LogP contribution < -0.4 is 10.1 Å². The van der Waals surface area contributed by atoms with Crippen molar-refractivity contribution in [2.45, 2.75) is 0 Å². The lowest BCUT2D eigenvalue weighted by Crippen LogP contribution is -2.20. The quantitative estimate of drug-likeness (QED) is 0.783. The van der Waals surface area contributed by atoms with Crippen LogP contribution in [0.2, 0.25) is 5.02 Å². The van der Waals surface area contributed by atoms with Gasteiger partial charge in [-0.3, -0.25) is 0 Å². The number of hydrogen-bond donors (Lipinski definition) is 1. The Kier molecular flexibility index (Phi) is 3.50. The first kappa shape index (κ1) is 13.5. The van der Waals surface area contributed by atoms with Crippen molar-refractivity contribution in [3.8, 4) is 5.75 Å². The van der Waals surface area contributed by atoms with E-state index in [9.17, 15) is 4.79 Å². The number of methoxy groups -OCH3 is 1. The van der Waals surface area contributed by atoms with Gasteiger partial charge in [-0.05, 0) is 30.3 Å². The molecule has 0 aliphatic rings. The van der Waals surface area contributed by atoms with Crippen LogP contribution in [0.3, 0.4) is 0 Å². The second-order valence-corrected chi connectivity index (χ2v) is 4.86. The first-order valence-corrected chi connectivity index (χ1v) is 6.64. The van der Waals surface area contributed by atoms with Crippen LogP contribution in [0.25, 0.3) is 10.9 Å². The molecule has 0 radical (unpaired) electrons. The summed E-state index contributed by atoms with van der Waals surface area (Å²) in [5.74, 6) is 0.671. The molecule has 6 heteroatoms. The molecule has 3 aromatic rings. The molecule has 0 spiro atoms. The molecule has 2 aromatic carbocycles. The number of nitrogens with one attached hydrogen (secondary N) is 1. The third kappa shape index (κ3) is 2.68. The molecule has 0 saturated heterocycles. The average Bonchev–Trinajstić information content (AvgIpc) is 2.90. The fourth-order valence-electron chi connectivity index (χ4n) is 2.04. The van der Waals surface area contributed by atoms with Crippen molar-refractivity contribution in [2.75, 3.05) is 12.4 Å². The molecule has 0 saturated carbocycles. The summed E-state index contributed by atoms with van der Waals surface area (Å²) in [7, 11) is 1.58. The minimum Gasteiger partial charge on any atom is -0.497 e. The first-order valence-electron chi connectivity index (χ1n) is 6.26. The Labute approximate surface area is 126 Å². The van der Waals surface area contributed by atoms with Crippen LogP contribution in [0.4, 0.5) is 10.5 Å². The molecule has 1 amide bonds.